The van der Waals surface area contributed by atoms with Gasteiger partial charge in [0.15, 0.2) is 0 Å². The Morgan fingerprint density at radius 1 is 1.29 bits per heavy atom. The molecule has 0 saturated heterocycles. The molecule has 0 aromatic carbocycles. The van der Waals surface area contributed by atoms with E-state index < -0.39 is 14.8 Å². The van der Waals surface area contributed by atoms with Crippen molar-refractivity contribution >= 4 is 20.7 Å². The minimum absolute atomic E-state index is 0.0350. The summed E-state index contributed by atoms with van der Waals surface area (Å²) in [5.74, 6) is -0.417. The van der Waals surface area contributed by atoms with Crippen LogP contribution in [0.5, 0.6) is 0 Å². The van der Waals surface area contributed by atoms with Crippen LogP contribution < -0.4 is 0 Å². The van der Waals surface area contributed by atoms with E-state index >= 15 is 0 Å². The average molecular weight is 259 g/mol. The topological polar surface area (TPSA) is 57.6 Å². The monoisotopic (exact) mass is 259 g/mol. The summed E-state index contributed by atoms with van der Waals surface area (Å²) in [4.78, 5) is 24.0. The van der Waals surface area contributed by atoms with Crippen LogP contribution in [0.25, 0.3) is 0 Å². The summed E-state index contributed by atoms with van der Waals surface area (Å²) in [5.41, 5.74) is 0. The molecule has 0 heterocycles. The SMILES string of the molecule is CCN(CC(C)C[SiH](C)C)C(=O)CCC(=O)O. The molecule has 0 aliphatic rings. The lowest BCUT2D eigenvalue weighted by Crippen LogP contribution is -2.35. The van der Waals surface area contributed by atoms with E-state index in [0.29, 0.717) is 12.5 Å². The summed E-state index contributed by atoms with van der Waals surface area (Å²) in [6.45, 7) is 10.2. The number of nitrogens with zero attached hydrogens (tertiary/aromatic N) is 1. The average Bonchev–Trinajstić information content (AvgIpc) is 2.21. The predicted octanol–water partition coefficient (Wildman–Crippen LogP) is 1.82. The van der Waals surface area contributed by atoms with Crippen molar-refractivity contribution in [1.29, 1.82) is 0 Å². The molecule has 0 bridgehead atoms. The highest BCUT2D eigenvalue weighted by molar-refractivity contribution is 6.55. The van der Waals surface area contributed by atoms with Gasteiger partial charge < -0.3 is 10.0 Å². The first-order valence-electron chi connectivity index (χ1n) is 6.36. The van der Waals surface area contributed by atoms with Crippen molar-refractivity contribution in [2.75, 3.05) is 13.1 Å². The van der Waals surface area contributed by atoms with E-state index in [0.717, 1.165) is 6.54 Å². The Kier molecular flexibility index (Phi) is 7.87. The van der Waals surface area contributed by atoms with Crippen LogP contribution in [-0.4, -0.2) is 43.8 Å². The minimum Gasteiger partial charge on any atom is -0.481 e. The van der Waals surface area contributed by atoms with E-state index in [1.165, 1.54) is 6.04 Å². The number of hydrogen-bond donors (Lipinski definition) is 1. The third kappa shape index (κ3) is 7.96. The van der Waals surface area contributed by atoms with Gasteiger partial charge in [-0.3, -0.25) is 9.59 Å². The number of carboxylic acids is 1. The Morgan fingerprint density at radius 2 is 1.88 bits per heavy atom. The molecule has 0 aliphatic carbocycles. The number of carbonyl (C=O) groups is 2. The fourth-order valence-electron chi connectivity index (χ4n) is 2.03. The van der Waals surface area contributed by atoms with Crippen LogP contribution in [0.3, 0.4) is 0 Å². The number of carbonyl (C=O) groups excluding carboxylic acids is 1. The summed E-state index contributed by atoms with van der Waals surface area (Å²) in [5, 5.41) is 8.55. The molecule has 0 aromatic rings. The quantitative estimate of drug-likeness (QED) is 0.677. The third-order valence-electron chi connectivity index (χ3n) is 2.69. The first kappa shape index (κ1) is 16.2. The van der Waals surface area contributed by atoms with Crippen molar-refractivity contribution in [3.8, 4) is 0 Å². The minimum atomic E-state index is -0.906. The molecule has 1 atom stereocenters. The maximum atomic E-state index is 11.8. The number of aliphatic carboxylic acids is 1. The Hall–Kier alpha value is -0.843. The van der Waals surface area contributed by atoms with Crippen LogP contribution in [0.1, 0.15) is 26.7 Å². The van der Waals surface area contributed by atoms with Gasteiger partial charge in [0, 0.05) is 28.3 Å². The van der Waals surface area contributed by atoms with Gasteiger partial charge in [-0.1, -0.05) is 26.1 Å². The lowest BCUT2D eigenvalue weighted by Gasteiger charge is -2.25. The molecule has 0 rings (SSSR count). The molecule has 17 heavy (non-hydrogen) atoms. The van der Waals surface area contributed by atoms with Crippen molar-refractivity contribution in [3.05, 3.63) is 0 Å². The first-order chi connectivity index (χ1) is 7.86. The highest BCUT2D eigenvalue weighted by atomic mass is 28.3. The van der Waals surface area contributed by atoms with E-state index in [2.05, 4.69) is 20.0 Å². The maximum absolute atomic E-state index is 11.8. The van der Waals surface area contributed by atoms with Gasteiger partial charge in [-0.05, 0) is 12.8 Å². The zero-order valence-corrected chi connectivity index (χ0v) is 12.6. The van der Waals surface area contributed by atoms with E-state index in [4.69, 9.17) is 5.11 Å². The Bertz CT molecular complexity index is 256. The molecule has 0 aromatic heterocycles. The van der Waals surface area contributed by atoms with E-state index in [1.807, 2.05) is 6.92 Å². The standard InChI is InChI=1S/C12H25NO3Si/c1-5-13(8-10(2)9-17(3)4)11(14)6-7-12(15)16/h10,17H,5-9H2,1-4H3,(H,15,16). The summed E-state index contributed by atoms with van der Waals surface area (Å²) in [6, 6.07) is 1.22. The van der Waals surface area contributed by atoms with Crippen molar-refractivity contribution < 1.29 is 14.7 Å². The summed E-state index contributed by atoms with van der Waals surface area (Å²) in [7, 11) is -0.594. The summed E-state index contributed by atoms with van der Waals surface area (Å²) < 4.78 is 0. The second-order valence-corrected chi connectivity index (χ2v) is 8.32. The molecule has 1 N–H and O–H groups in total. The lowest BCUT2D eigenvalue weighted by molar-refractivity contribution is -0.141. The molecule has 0 fully saturated rings. The number of rotatable bonds is 8. The predicted molar refractivity (Wildman–Crippen MR) is 72.0 cm³/mol. The van der Waals surface area contributed by atoms with Crippen molar-refractivity contribution in [3.63, 3.8) is 0 Å². The molecular formula is C12H25NO3Si. The molecule has 1 unspecified atom stereocenters. The van der Waals surface area contributed by atoms with Gasteiger partial charge >= 0.3 is 5.97 Å². The molecule has 0 spiro atoms. The Labute approximate surface area is 106 Å². The van der Waals surface area contributed by atoms with Gasteiger partial charge in [-0.25, -0.2) is 0 Å². The molecule has 0 saturated carbocycles. The van der Waals surface area contributed by atoms with E-state index in [-0.39, 0.29) is 18.7 Å². The molecule has 1 amide bonds. The summed E-state index contributed by atoms with van der Waals surface area (Å²) in [6.07, 6.45) is 0.0532. The van der Waals surface area contributed by atoms with Crippen LogP contribution in [0.15, 0.2) is 0 Å². The van der Waals surface area contributed by atoms with Gasteiger partial charge in [-0.2, -0.15) is 0 Å². The van der Waals surface area contributed by atoms with Crippen LogP contribution in [0, 0.1) is 5.92 Å². The van der Waals surface area contributed by atoms with Crippen LogP contribution in [0.2, 0.25) is 19.1 Å². The normalized spacial score (nSPS) is 12.5. The number of carboxylic acid groups (broad SMARTS) is 1. The lowest BCUT2D eigenvalue weighted by atomic mass is 10.2. The molecule has 0 radical (unpaired) electrons. The smallest absolute Gasteiger partial charge is 0.303 e. The first-order valence-corrected chi connectivity index (χ1v) is 9.48. The fraction of sp³-hybridized carbons (Fsp3) is 0.833. The largest absolute Gasteiger partial charge is 0.481 e. The third-order valence-corrected chi connectivity index (χ3v) is 4.44. The molecule has 4 nitrogen and oxygen atoms in total. The number of amides is 1. The van der Waals surface area contributed by atoms with Crippen molar-refractivity contribution in [1.82, 2.24) is 4.90 Å². The Morgan fingerprint density at radius 3 is 2.29 bits per heavy atom. The number of hydrogen-bond acceptors (Lipinski definition) is 2. The van der Waals surface area contributed by atoms with Gasteiger partial charge in [-0.15, -0.1) is 0 Å². The second-order valence-electron chi connectivity index (χ2n) is 5.06. The van der Waals surface area contributed by atoms with Gasteiger partial charge in [0.1, 0.15) is 0 Å². The van der Waals surface area contributed by atoms with Crippen molar-refractivity contribution in [2.45, 2.75) is 45.8 Å². The molecular weight excluding hydrogens is 234 g/mol. The molecule has 100 valence electrons. The van der Waals surface area contributed by atoms with Gasteiger partial charge in [0.25, 0.3) is 0 Å². The zero-order chi connectivity index (χ0) is 13.4. The van der Waals surface area contributed by atoms with Gasteiger partial charge in [0.2, 0.25) is 5.91 Å². The zero-order valence-electron chi connectivity index (χ0n) is 11.4. The second kappa shape index (κ2) is 8.28. The van der Waals surface area contributed by atoms with Crippen LogP contribution >= 0.6 is 0 Å². The highest BCUT2D eigenvalue weighted by Crippen LogP contribution is 2.10. The van der Waals surface area contributed by atoms with E-state index in [1.54, 1.807) is 4.90 Å². The fourth-order valence-corrected chi connectivity index (χ4v) is 3.79. The Balaban J connectivity index is 4.12. The van der Waals surface area contributed by atoms with Crippen molar-refractivity contribution in [2.24, 2.45) is 5.92 Å². The van der Waals surface area contributed by atoms with E-state index in [9.17, 15) is 9.59 Å². The van der Waals surface area contributed by atoms with Crippen LogP contribution in [-0.2, 0) is 9.59 Å². The highest BCUT2D eigenvalue weighted by Gasteiger charge is 2.16. The molecule has 5 heteroatoms. The van der Waals surface area contributed by atoms with Gasteiger partial charge in [0.05, 0.1) is 6.42 Å². The maximum Gasteiger partial charge on any atom is 0.303 e. The summed E-state index contributed by atoms with van der Waals surface area (Å²) >= 11 is 0. The molecule has 0 aliphatic heterocycles. The van der Waals surface area contributed by atoms with Crippen LogP contribution in [0.4, 0.5) is 0 Å².